The first-order valence-corrected chi connectivity index (χ1v) is 10.7. The Kier molecular flexibility index (Phi) is 4.94. The molecule has 1 aliphatic rings. The molecule has 0 radical (unpaired) electrons. The van der Waals surface area contributed by atoms with Crippen LogP contribution in [0.3, 0.4) is 0 Å². The average Bonchev–Trinajstić information content (AvgIpc) is 2.97. The van der Waals surface area contributed by atoms with Crippen LogP contribution in [0.15, 0.2) is 68.6 Å². The van der Waals surface area contributed by atoms with E-state index in [9.17, 15) is 14.4 Å². The molecule has 0 atom stereocenters. The van der Waals surface area contributed by atoms with Crippen LogP contribution in [0.4, 0.5) is 0 Å². The Balaban J connectivity index is 1.74. The van der Waals surface area contributed by atoms with Crippen LogP contribution in [0.1, 0.15) is 25.7 Å². The van der Waals surface area contributed by atoms with Crippen LogP contribution >= 0.6 is 0 Å². The van der Waals surface area contributed by atoms with Crippen molar-refractivity contribution >= 4 is 28.0 Å². The molecule has 0 bridgehead atoms. The van der Waals surface area contributed by atoms with E-state index in [2.05, 4.69) is 0 Å². The SMILES string of the molecule is O=C(Cn1c(=O)n(-c2ccccc2)c(=O)c2oc3ccccc3c21)N1CCCCCC1. The first-order valence-electron chi connectivity index (χ1n) is 10.7. The van der Waals surface area contributed by atoms with Crippen molar-refractivity contribution in [2.75, 3.05) is 13.1 Å². The number of hydrogen-bond donors (Lipinski definition) is 0. The van der Waals surface area contributed by atoms with Gasteiger partial charge in [-0.05, 0) is 37.1 Å². The summed E-state index contributed by atoms with van der Waals surface area (Å²) in [6, 6.07) is 15.9. The lowest BCUT2D eigenvalue weighted by atomic mass is 10.2. The van der Waals surface area contributed by atoms with Gasteiger partial charge in [0, 0.05) is 18.5 Å². The molecule has 31 heavy (non-hydrogen) atoms. The van der Waals surface area contributed by atoms with Crippen LogP contribution in [0.25, 0.3) is 27.8 Å². The van der Waals surface area contributed by atoms with Crippen LogP contribution < -0.4 is 11.2 Å². The van der Waals surface area contributed by atoms with Gasteiger partial charge in [0.15, 0.2) is 0 Å². The molecule has 158 valence electrons. The quantitative estimate of drug-likeness (QED) is 0.512. The minimum absolute atomic E-state index is 0.0771. The lowest BCUT2D eigenvalue weighted by molar-refractivity contribution is -0.131. The number of fused-ring (bicyclic) bond motifs is 3. The second-order valence-electron chi connectivity index (χ2n) is 7.92. The molecule has 0 spiro atoms. The zero-order valence-corrected chi connectivity index (χ0v) is 17.1. The van der Waals surface area contributed by atoms with Gasteiger partial charge in [0.05, 0.1) is 5.69 Å². The van der Waals surface area contributed by atoms with Gasteiger partial charge in [0.1, 0.15) is 17.6 Å². The molecular formula is C24H23N3O4. The lowest BCUT2D eigenvalue weighted by Gasteiger charge is -2.21. The number of aromatic nitrogens is 2. The summed E-state index contributed by atoms with van der Waals surface area (Å²) in [5, 5.41) is 0.649. The topological polar surface area (TPSA) is 77.5 Å². The Bertz CT molecular complexity index is 1370. The van der Waals surface area contributed by atoms with Crippen molar-refractivity contribution in [3.05, 3.63) is 75.4 Å². The first-order chi connectivity index (χ1) is 15.1. The lowest BCUT2D eigenvalue weighted by Crippen LogP contribution is -2.42. The molecule has 1 aliphatic heterocycles. The number of rotatable bonds is 3. The van der Waals surface area contributed by atoms with Crippen LogP contribution in [0, 0.1) is 0 Å². The minimum atomic E-state index is -0.543. The van der Waals surface area contributed by atoms with Crippen molar-refractivity contribution in [2.45, 2.75) is 32.2 Å². The van der Waals surface area contributed by atoms with Gasteiger partial charge < -0.3 is 9.32 Å². The number of para-hydroxylation sites is 2. The van der Waals surface area contributed by atoms with Crippen LogP contribution in [0.5, 0.6) is 0 Å². The van der Waals surface area contributed by atoms with Crippen molar-refractivity contribution in [1.82, 2.24) is 14.0 Å². The Morgan fingerprint density at radius 1 is 0.871 bits per heavy atom. The number of carbonyl (C=O) groups excluding carboxylic acids is 1. The molecule has 2 aromatic carbocycles. The highest BCUT2D eigenvalue weighted by Crippen LogP contribution is 2.26. The van der Waals surface area contributed by atoms with Gasteiger partial charge in [0.25, 0.3) is 0 Å². The second-order valence-corrected chi connectivity index (χ2v) is 7.92. The molecule has 0 saturated carbocycles. The molecule has 1 fully saturated rings. The molecule has 5 rings (SSSR count). The molecule has 7 nitrogen and oxygen atoms in total. The zero-order valence-electron chi connectivity index (χ0n) is 17.1. The third-order valence-corrected chi connectivity index (χ3v) is 5.93. The fourth-order valence-electron chi connectivity index (χ4n) is 4.36. The Hall–Kier alpha value is -3.61. The average molecular weight is 417 g/mol. The molecular weight excluding hydrogens is 394 g/mol. The third kappa shape index (κ3) is 3.36. The Labute approximate surface area is 178 Å². The monoisotopic (exact) mass is 417 g/mol. The second kappa shape index (κ2) is 7.91. The summed E-state index contributed by atoms with van der Waals surface area (Å²) >= 11 is 0. The van der Waals surface area contributed by atoms with E-state index < -0.39 is 11.2 Å². The maximum Gasteiger partial charge on any atom is 0.336 e. The van der Waals surface area contributed by atoms with Crippen molar-refractivity contribution in [3.63, 3.8) is 0 Å². The van der Waals surface area contributed by atoms with E-state index in [-0.39, 0.29) is 18.0 Å². The molecule has 1 saturated heterocycles. The number of amides is 1. The number of furan rings is 1. The molecule has 0 aliphatic carbocycles. The van der Waals surface area contributed by atoms with Gasteiger partial charge in [-0.2, -0.15) is 0 Å². The van der Waals surface area contributed by atoms with Crippen molar-refractivity contribution < 1.29 is 9.21 Å². The maximum atomic E-state index is 13.5. The summed E-state index contributed by atoms with van der Waals surface area (Å²) in [7, 11) is 0. The zero-order chi connectivity index (χ0) is 21.4. The summed E-state index contributed by atoms with van der Waals surface area (Å²) in [5.41, 5.74) is 0.333. The van der Waals surface area contributed by atoms with Gasteiger partial charge in [-0.25, -0.2) is 9.36 Å². The molecule has 4 aromatic rings. The third-order valence-electron chi connectivity index (χ3n) is 5.93. The number of likely N-dealkylation sites (tertiary alicyclic amines) is 1. The highest BCUT2D eigenvalue weighted by Gasteiger charge is 2.24. The standard InChI is InChI=1S/C24H23N3O4/c28-20(25-14-8-1-2-9-15-25)16-26-21-18-12-6-7-13-19(18)31-22(21)23(29)27(24(26)30)17-10-4-3-5-11-17/h3-7,10-13H,1-2,8-9,14-16H2. The summed E-state index contributed by atoms with van der Waals surface area (Å²) in [5.74, 6) is -0.117. The Morgan fingerprint density at radius 2 is 1.55 bits per heavy atom. The van der Waals surface area contributed by atoms with Gasteiger partial charge >= 0.3 is 11.2 Å². The largest absolute Gasteiger partial charge is 0.449 e. The van der Waals surface area contributed by atoms with Gasteiger partial charge in [-0.15, -0.1) is 0 Å². The number of hydrogen-bond acceptors (Lipinski definition) is 4. The highest BCUT2D eigenvalue weighted by atomic mass is 16.3. The number of benzene rings is 2. The Morgan fingerprint density at radius 3 is 2.29 bits per heavy atom. The molecule has 7 heteroatoms. The van der Waals surface area contributed by atoms with Crippen LogP contribution in [-0.4, -0.2) is 33.0 Å². The van der Waals surface area contributed by atoms with E-state index in [4.69, 9.17) is 4.42 Å². The van der Waals surface area contributed by atoms with E-state index in [0.29, 0.717) is 35.3 Å². The maximum absolute atomic E-state index is 13.5. The van der Waals surface area contributed by atoms with Crippen LogP contribution in [-0.2, 0) is 11.3 Å². The minimum Gasteiger partial charge on any atom is -0.449 e. The summed E-state index contributed by atoms with van der Waals surface area (Å²) in [6.07, 6.45) is 4.15. The van der Waals surface area contributed by atoms with Gasteiger partial charge in [-0.1, -0.05) is 43.2 Å². The van der Waals surface area contributed by atoms with Crippen molar-refractivity contribution in [3.8, 4) is 5.69 Å². The molecule has 0 unspecified atom stereocenters. The molecule has 1 amide bonds. The highest BCUT2D eigenvalue weighted by molar-refractivity contribution is 6.02. The van der Waals surface area contributed by atoms with Crippen molar-refractivity contribution in [2.24, 2.45) is 0 Å². The first kappa shape index (κ1) is 19.4. The van der Waals surface area contributed by atoms with Crippen molar-refractivity contribution in [1.29, 1.82) is 0 Å². The fraction of sp³-hybridized carbons (Fsp3) is 0.292. The van der Waals surface area contributed by atoms with E-state index >= 15 is 0 Å². The summed E-state index contributed by atoms with van der Waals surface area (Å²) < 4.78 is 8.35. The molecule has 0 N–H and O–H groups in total. The smallest absolute Gasteiger partial charge is 0.336 e. The van der Waals surface area contributed by atoms with E-state index in [1.165, 1.54) is 4.57 Å². The molecule has 3 heterocycles. The van der Waals surface area contributed by atoms with E-state index in [1.54, 1.807) is 36.4 Å². The predicted octanol–water partition coefficient (Wildman–Crippen LogP) is 3.30. The summed E-state index contributed by atoms with van der Waals surface area (Å²) in [6.45, 7) is 1.26. The molecule has 2 aromatic heterocycles. The number of carbonyl (C=O) groups is 1. The van der Waals surface area contributed by atoms with Gasteiger partial charge in [0.2, 0.25) is 11.5 Å². The number of nitrogens with zero attached hydrogens (tertiary/aromatic N) is 3. The predicted molar refractivity (Wildman–Crippen MR) is 119 cm³/mol. The van der Waals surface area contributed by atoms with Crippen LogP contribution in [0.2, 0.25) is 0 Å². The van der Waals surface area contributed by atoms with E-state index in [1.807, 2.05) is 23.1 Å². The van der Waals surface area contributed by atoms with Gasteiger partial charge in [-0.3, -0.25) is 14.2 Å². The normalized spacial score (nSPS) is 14.8. The fourth-order valence-corrected chi connectivity index (χ4v) is 4.36. The van der Waals surface area contributed by atoms with E-state index in [0.717, 1.165) is 30.3 Å². The summed E-state index contributed by atoms with van der Waals surface area (Å²) in [4.78, 5) is 41.8.